The van der Waals surface area contributed by atoms with Gasteiger partial charge in [-0.2, -0.15) is 0 Å². The average Bonchev–Trinajstić information content (AvgIpc) is 3.30. The summed E-state index contributed by atoms with van der Waals surface area (Å²) >= 11 is 1.50. The number of nitrogens with zero attached hydrogens (tertiary/aromatic N) is 2. The molecule has 1 unspecified atom stereocenters. The Morgan fingerprint density at radius 2 is 1.93 bits per heavy atom. The van der Waals surface area contributed by atoms with Crippen molar-refractivity contribution < 1.29 is 9.90 Å². The van der Waals surface area contributed by atoms with Gasteiger partial charge >= 0.3 is 0 Å². The van der Waals surface area contributed by atoms with Crippen LogP contribution in [0.4, 0.5) is 0 Å². The zero-order chi connectivity index (χ0) is 18.8. The van der Waals surface area contributed by atoms with E-state index in [2.05, 4.69) is 10.3 Å². The van der Waals surface area contributed by atoms with Crippen LogP contribution in [-0.2, 0) is 6.54 Å². The number of nitrogens with one attached hydrogen (secondary N) is 1. The van der Waals surface area contributed by atoms with E-state index in [1.54, 1.807) is 4.40 Å². The maximum atomic E-state index is 12.7. The highest BCUT2D eigenvalue weighted by atomic mass is 32.1. The second-order valence-electron chi connectivity index (χ2n) is 6.27. The zero-order valence-electron chi connectivity index (χ0n) is 14.8. The summed E-state index contributed by atoms with van der Waals surface area (Å²) in [7, 11) is 0. The third-order valence-electron chi connectivity index (χ3n) is 4.41. The lowest BCUT2D eigenvalue weighted by Crippen LogP contribution is -2.24. The van der Waals surface area contributed by atoms with Gasteiger partial charge in [-0.05, 0) is 36.8 Å². The molecule has 0 aliphatic carbocycles. The van der Waals surface area contributed by atoms with E-state index in [1.165, 1.54) is 11.3 Å². The SMILES string of the molecule is Cc1nc2ccccn2c1C(=O)NCc1ccc(C(O)c2ccccc2)s1. The Morgan fingerprint density at radius 3 is 2.74 bits per heavy atom. The van der Waals surface area contributed by atoms with Gasteiger partial charge in [-0.1, -0.05) is 36.4 Å². The first-order valence-electron chi connectivity index (χ1n) is 8.67. The van der Waals surface area contributed by atoms with Crippen molar-refractivity contribution in [2.75, 3.05) is 0 Å². The van der Waals surface area contributed by atoms with Crippen LogP contribution < -0.4 is 5.32 Å². The number of rotatable bonds is 5. The van der Waals surface area contributed by atoms with E-state index in [9.17, 15) is 9.90 Å². The predicted molar refractivity (Wildman–Crippen MR) is 106 cm³/mol. The molecular weight excluding hydrogens is 358 g/mol. The van der Waals surface area contributed by atoms with Gasteiger partial charge in [0, 0.05) is 16.0 Å². The van der Waals surface area contributed by atoms with Crippen LogP contribution in [0.3, 0.4) is 0 Å². The summed E-state index contributed by atoms with van der Waals surface area (Å²) in [6, 6.07) is 19.0. The molecule has 6 heteroatoms. The number of imidazole rings is 1. The van der Waals surface area contributed by atoms with Crippen molar-refractivity contribution in [1.82, 2.24) is 14.7 Å². The molecule has 0 spiro atoms. The first kappa shape index (κ1) is 17.5. The summed E-state index contributed by atoms with van der Waals surface area (Å²) in [4.78, 5) is 18.9. The Bertz CT molecular complexity index is 1090. The van der Waals surface area contributed by atoms with Crippen LogP contribution in [0.25, 0.3) is 5.65 Å². The van der Waals surface area contributed by atoms with Gasteiger partial charge in [0.1, 0.15) is 17.4 Å². The van der Waals surface area contributed by atoms with Gasteiger partial charge in [-0.25, -0.2) is 4.98 Å². The van der Waals surface area contributed by atoms with Crippen LogP contribution in [0.15, 0.2) is 66.9 Å². The molecule has 5 nitrogen and oxygen atoms in total. The summed E-state index contributed by atoms with van der Waals surface area (Å²) in [5, 5.41) is 13.5. The molecular formula is C21H19N3O2S. The van der Waals surface area contributed by atoms with E-state index < -0.39 is 6.10 Å². The Labute approximate surface area is 160 Å². The highest BCUT2D eigenvalue weighted by Crippen LogP contribution is 2.28. The molecule has 27 heavy (non-hydrogen) atoms. The molecule has 0 aliphatic rings. The van der Waals surface area contributed by atoms with Crippen LogP contribution in [0.2, 0.25) is 0 Å². The normalized spacial score (nSPS) is 12.2. The fourth-order valence-electron chi connectivity index (χ4n) is 3.07. The fraction of sp³-hybridized carbons (Fsp3) is 0.143. The monoisotopic (exact) mass is 377 g/mol. The minimum atomic E-state index is -0.651. The molecule has 1 amide bonds. The maximum Gasteiger partial charge on any atom is 0.270 e. The average molecular weight is 377 g/mol. The molecule has 0 saturated carbocycles. The van der Waals surface area contributed by atoms with E-state index in [0.717, 1.165) is 21.0 Å². The number of carbonyl (C=O) groups is 1. The summed E-state index contributed by atoms with van der Waals surface area (Å²) in [6.45, 7) is 2.24. The number of hydrogen-bond donors (Lipinski definition) is 2. The van der Waals surface area contributed by atoms with Crippen molar-refractivity contribution in [3.63, 3.8) is 0 Å². The number of hydrogen-bond acceptors (Lipinski definition) is 4. The molecule has 0 radical (unpaired) electrons. The number of benzene rings is 1. The standard InChI is InChI=1S/C21H19N3O2S/c1-14-19(24-12-6-5-9-18(24)23-14)21(26)22-13-16-10-11-17(27-16)20(25)15-7-3-2-4-8-15/h2-12,20,25H,13H2,1H3,(H,22,26). The molecule has 136 valence electrons. The number of aryl methyl sites for hydroxylation is 1. The molecule has 0 saturated heterocycles. The van der Waals surface area contributed by atoms with Crippen molar-refractivity contribution in [1.29, 1.82) is 0 Å². The molecule has 2 N–H and O–H groups in total. The van der Waals surface area contributed by atoms with E-state index in [0.29, 0.717) is 17.9 Å². The van der Waals surface area contributed by atoms with Crippen LogP contribution in [0.5, 0.6) is 0 Å². The molecule has 0 bridgehead atoms. The zero-order valence-corrected chi connectivity index (χ0v) is 15.6. The van der Waals surface area contributed by atoms with Crippen molar-refractivity contribution in [2.45, 2.75) is 19.6 Å². The van der Waals surface area contributed by atoms with Gasteiger partial charge in [0.25, 0.3) is 5.91 Å². The Hall–Kier alpha value is -2.96. The van der Waals surface area contributed by atoms with Crippen LogP contribution >= 0.6 is 11.3 Å². The lowest BCUT2D eigenvalue weighted by atomic mass is 10.1. The summed E-state index contributed by atoms with van der Waals surface area (Å²) < 4.78 is 1.80. The smallest absolute Gasteiger partial charge is 0.270 e. The number of aromatic nitrogens is 2. The fourth-order valence-corrected chi connectivity index (χ4v) is 4.04. The van der Waals surface area contributed by atoms with E-state index in [-0.39, 0.29) is 5.91 Å². The van der Waals surface area contributed by atoms with Crippen molar-refractivity contribution in [2.24, 2.45) is 0 Å². The minimum Gasteiger partial charge on any atom is -0.383 e. The molecule has 0 aliphatic heterocycles. The Morgan fingerprint density at radius 1 is 1.15 bits per heavy atom. The second-order valence-corrected chi connectivity index (χ2v) is 7.47. The molecule has 0 fully saturated rings. The van der Waals surface area contributed by atoms with E-state index >= 15 is 0 Å². The molecule has 4 aromatic rings. The summed E-state index contributed by atoms with van der Waals surface area (Å²) in [5.41, 5.74) is 2.86. The van der Waals surface area contributed by atoms with Gasteiger partial charge in [0.15, 0.2) is 0 Å². The van der Waals surface area contributed by atoms with Crippen LogP contribution in [-0.4, -0.2) is 20.4 Å². The predicted octanol–water partition coefficient (Wildman–Crippen LogP) is 3.72. The van der Waals surface area contributed by atoms with E-state index in [1.807, 2.05) is 73.8 Å². The summed E-state index contributed by atoms with van der Waals surface area (Å²) in [6.07, 6.45) is 1.19. The second kappa shape index (κ2) is 7.34. The minimum absolute atomic E-state index is 0.162. The number of thiophene rings is 1. The highest BCUT2D eigenvalue weighted by Gasteiger charge is 2.17. The highest BCUT2D eigenvalue weighted by molar-refractivity contribution is 7.12. The number of pyridine rings is 1. The van der Waals surface area contributed by atoms with Gasteiger partial charge in [0.2, 0.25) is 0 Å². The van der Waals surface area contributed by atoms with E-state index in [4.69, 9.17) is 0 Å². The first-order chi connectivity index (χ1) is 13.1. The molecule has 1 atom stereocenters. The number of amides is 1. The number of carbonyl (C=O) groups excluding carboxylic acids is 1. The first-order valence-corrected chi connectivity index (χ1v) is 9.48. The number of fused-ring (bicyclic) bond motifs is 1. The number of aliphatic hydroxyl groups excluding tert-OH is 1. The van der Waals surface area contributed by atoms with Crippen molar-refractivity contribution in [3.8, 4) is 0 Å². The summed E-state index contributed by atoms with van der Waals surface area (Å²) in [5.74, 6) is -0.162. The van der Waals surface area contributed by atoms with Gasteiger partial charge < -0.3 is 10.4 Å². The van der Waals surface area contributed by atoms with Gasteiger partial charge in [-0.3, -0.25) is 9.20 Å². The molecule has 1 aromatic carbocycles. The lowest BCUT2D eigenvalue weighted by Gasteiger charge is -2.08. The quantitative estimate of drug-likeness (QED) is 0.557. The van der Waals surface area contributed by atoms with Gasteiger partial charge in [-0.15, -0.1) is 11.3 Å². The molecule has 3 aromatic heterocycles. The van der Waals surface area contributed by atoms with Crippen molar-refractivity contribution in [3.05, 3.63) is 93.6 Å². The number of aliphatic hydroxyl groups is 1. The third-order valence-corrected chi connectivity index (χ3v) is 5.55. The van der Waals surface area contributed by atoms with Crippen LogP contribution in [0, 0.1) is 6.92 Å². The Balaban J connectivity index is 1.47. The van der Waals surface area contributed by atoms with Crippen molar-refractivity contribution >= 4 is 22.9 Å². The largest absolute Gasteiger partial charge is 0.383 e. The lowest BCUT2D eigenvalue weighted by molar-refractivity contribution is 0.0944. The molecule has 3 heterocycles. The van der Waals surface area contributed by atoms with Crippen LogP contribution in [0.1, 0.15) is 37.6 Å². The molecule has 4 rings (SSSR count). The Kier molecular flexibility index (Phi) is 4.75. The topological polar surface area (TPSA) is 66.6 Å². The van der Waals surface area contributed by atoms with Gasteiger partial charge in [0.05, 0.1) is 12.2 Å². The third kappa shape index (κ3) is 3.49. The maximum absolute atomic E-state index is 12.7.